The zero-order valence-electron chi connectivity index (χ0n) is 13.4. The second-order valence-electron chi connectivity index (χ2n) is 4.71. The summed E-state index contributed by atoms with van der Waals surface area (Å²) in [4.78, 5) is 21.6. The van der Waals surface area contributed by atoms with E-state index in [0.29, 0.717) is 5.02 Å². The molecule has 2 aromatic rings. The van der Waals surface area contributed by atoms with E-state index >= 15 is 0 Å². The third-order valence-corrected chi connectivity index (χ3v) is 5.78. The minimum Gasteiger partial charge on any atom is -0.768 e. The molecule has 0 radical (unpaired) electrons. The maximum Gasteiger partial charge on any atom is 1.00 e. The number of hydrogen-bond acceptors (Lipinski definition) is 7. The summed E-state index contributed by atoms with van der Waals surface area (Å²) < 4.78 is 42.5. The molecule has 0 aliphatic carbocycles. The van der Waals surface area contributed by atoms with Crippen molar-refractivity contribution in [2.75, 3.05) is 6.29 Å². The van der Waals surface area contributed by atoms with Crippen LogP contribution in [-0.4, -0.2) is 19.6 Å². The molecule has 0 fully saturated rings. The predicted octanol–water partition coefficient (Wildman–Crippen LogP) is -0.880. The summed E-state index contributed by atoms with van der Waals surface area (Å²) >= 11 is 5.66. The van der Waals surface area contributed by atoms with Gasteiger partial charge >= 0.3 is 29.6 Å². The average Bonchev–Trinajstić information content (AvgIpc) is 2.54. The fraction of sp³-hybridized carbons (Fsp3) is 0.0769. The molecule has 0 spiro atoms. The number of halogens is 1. The zero-order chi connectivity index (χ0) is 18.7. The van der Waals surface area contributed by atoms with E-state index in [9.17, 15) is 28.0 Å². The van der Waals surface area contributed by atoms with Gasteiger partial charge in [0.15, 0.2) is 7.60 Å². The number of nitrogens with zero attached hydrogens (tertiary/aromatic N) is 1. The molecule has 0 saturated carbocycles. The number of sulfonamides is 1. The van der Waals surface area contributed by atoms with Gasteiger partial charge < -0.3 is 9.42 Å². The summed E-state index contributed by atoms with van der Waals surface area (Å²) in [5, 5.41) is 10.9. The summed E-state index contributed by atoms with van der Waals surface area (Å²) in [5.74, 6) is -0.172. The van der Waals surface area contributed by atoms with Crippen LogP contribution in [0.2, 0.25) is 5.02 Å². The van der Waals surface area contributed by atoms with Crippen molar-refractivity contribution in [1.82, 2.24) is 4.72 Å². The van der Waals surface area contributed by atoms with Gasteiger partial charge in [0.2, 0.25) is 10.0 Å². The minimum absolute atomic E-state index is 0. The second kappa shape index (κ2) is 9.29. The molecular weight excluding hydrogens is 418 g/mol. The molecule has 0 aromatic heterocycles. The van der Waals surface area contributed by atoms with Crippen LogP contribution in [0.4, 0.5) is 5.69 Å². The van der Waals surface area contributed by atoms with Gasteiger partial charge in [0.1, 0.15) is 5.75 Å². The SMILES string of the molecule is O=[N+]([O-])c1ccc(OP(=O)([O-])CNS(=O)(=O)c2ccc(Cl)cc2)cc1.[Na+]. The van der Waals surface area contributed by atoms with Crippen LogP contribution < -0.4 is 43.7 Å². The van der Waals surface area contributed by atoms with Gasteiger partial charge in [-0.15, -0.1) is 0 Å². The van der Waals surface area contributed by atoms with Crippen molar-refractivity contribution in [3.05, 3.63) is 63.7 Å². The molecule has 2 aromatic carbocycles. The summed E-state index contributed by atoms with van der Waals surface area (Å²) in [6.07, 6.45) is -0.991. The maximum absolute atomic E-state index is 12.0. The first-order valence-corrected chi connectivity index (χ1v) is 10.2. The van der Waals surface area contributed by atoms with E-state index in [1.165, 1.54) is 24.3 Å². The Labute approximate surface area is 176 Å². The fourth-order valence-electron chi connectivity index (χ4n) is 1.68. The molecule has 1 N–H and O–H groups in total. The molecule has 9 nitrogen and oxygen atoms in total. The van der Waals surface area contributed by atoms with Crippen LogP contribution >= 0.6 is 19.2 Å². The quantitative estimate of drug-likeness (QED) is 0.261. The Morgan fingerprint density at radius 3 is 2.15 bits per heavy atom. The number of nitrogens with one attached hydrogen (secondary N) is 1. The van der Waals surface area contributed by atoms with Gasteiger partial charge in [-0.3, -0.25) is 14.7 Å². The molecule has 1 atom stereocenters. The van der Waals surface area contributed by atoms with Crippen LogP contribution in [-0.2, 0) is 14.6 Å². The van der Waals surface area contributed by atoms with Gasteiger partial charge in [-0.2, -0.15) is 0 Å². The monoisotopic (exact) mass is 428 g/mol. The fourth-order valence-corrected chi connectivity index (χ4v) is 4.29. The molecule has 26 heavy (non-hydrogen) atoms. The molecule has 0 bridgehead atoms. The smallest absolute Gasteiger partial charge is 0.768 e. The van der Waals surface area contributed by atoms with E-state index in [0.717, 1.165) is 24.3 Å². The molecule has 0 heterocycles. The van der Waals surface area contributed by atoms with Gasteiger partial charge in [-0.1, -0.05) is 11.6 Å². The number of benzene rings is 2. The molecule has 0 saturated heterocycles. The van der Waals surface area contributed by atoms with Crippen molar-refractivity contribution in [2.45, 2.75) is 4.90 Å². The van der Waals surface area contributed by atoms with Crippen molar-refractivity contribution in [1.29, 1.82) is 0 Å². The minimum atomic E-state index is -4.62. The first-order chi connectivity index (χ1) is 11.6. The number of nitro groups is 1. The van der Waals surface area contributed by atoms with E-state index in [-0.39, 0.29) is 45.9 Å². The van der Waals surface area contributed by atoms with E-state index in [1.807, 2.05) is 4.72 Å². The normalized spacial score (nSPS) is 13.3. The van der Waals surface area contributed by atoms with Crippen molar-refractivity contribution in [3.63, 3.8) is 0 Å². The third kappa shape index (κ3) is 6.64. The predicted molar refractivity (Wildman–Crippen MR) is 88.0 cm³/mol. The topological polar surface area (TPSA) is 139 Å². The molecule has 0 aliphatic rings. The Balaban J connectivity index is 0.00000338. The molecule has 0 aliphatic heterocycles. The van der Waals surface area contributed by atoms with Gasteiger partial charge in [-0.05, 0) is 36.4 Å². The number of nitro benzene ring substituents is 1. The molecular formula is C13H11ClN2NaO7PS. The average molecular weight is 429 g/mol. The van der Waals surface area contributed by atoms with E-state index in [2.05, 4.69) is 0 Å². The third-order valence-electron chi connectivity index (χ3n) is 2.86. The van der Waals surface area contributed by atoms with Crippen molar-refractivity contribution < 1.29 is 56.9 Å². The molecule has 134 valence electrons. The van der Waals surface area contributed by atoms with Gasteiger partial charge in [-0.25, -0.2) is 13.1 Å². The molecule has 1 unspecified atom stereocenters. The zero-order valence-corrected chi connectivity index (χ0v) is 17.8. The second-order valence-corrected chi connectivity index (χ2v) is 8.64. The van der Waals surface area contributed by atoms with Gasteiger partial charge in [0.05, 0.1) is 16.1 Å². The number of rotatable bonds is 7. The molecule has 2 rings (SSSR count). The van der Waals surface area contributed by atoms with E-state index < -0.39 is 28.8 Å². The van der Waals surface area contributed by atoms with Crippen molar-refractivity contribution in [3.8, 4) is 5.75 Å². The van der Waals surface area contributed by atoms with Gasteiger partial charge in [0.25, 0.3) is 5.69 Å². The Kier molecular flexibility index (Phi) is 8.25. The first kappa shape index (κ1) is 23.1. The Bertz CT molecular complexity index is 923. The van der Waals surface area contributed by atoms with Crippen LogP contribution in [0.1, 0.15) is 0 Å². The van der Waals surface area contributed by atoms with Crippen molar-refractivity contribution in [2.24, 2.45) is 0 Å². The van der Waals surface area contributed by atoms with Gasteiger partial charge in [0, 0.05) is 17.2 Å². The Hall–Kier alpha value is -0.970. The maximum atomic E-state index is 12.0. The number of hydrogen-bond donors (Lipinski definition) is 1. The molecule has 13 heteroatoms. The van der Waals surface area contributed by atoms with E-state index in [4.69, 9.17) is 16.1 Å². The Morgan fingerprint density at radius 2 is 1.65 bits per heavy atom. The summed E-state index contributed by atoms with van der Waals surface area (Å²) in [6.45, 7) is 0. The summed E-state index contributed by atoms with van der Waals surface area (Å²) in [6, 6.07) is 9.45. The van der Waals surface area contributed by atoms with Crippen LogP contribution in [0.3, 0.4) is 0 Å². The van der Waals surface area contributed by atoms with Crippen molar-refractivity contribution >= 4 is 34.9 Å². The van der Waals surface area contributed by atoms with Crippen LogP contribution in [0.15, 0.2) is 53.4 Å². The summed E-state index contributed by atoms with van der Waals surface area (Å²) in [7, 11) is -8.69. The largest absolute Gasteiger partial charge is 1.00 e. The standard InChI is InChI=1S/C13H12ClN2O7PS.Na/c14-10-1-7-13(8-2-10)25(21,22)15-9-24(19,20)23-12-5-3-11(4-6-12)16(17)18;/h1-8,15H,9H2,(H,19,20);/q;+1/p-1. The first-order valence-electron chi connectivity index (χ1n) is 6.58. The number of non-ortho nitro benzene ring substituents is 1. The van der Waals surface area contributed by atoms with Crippen LogP contribution in [0, 0.1) is 10.1 Å². The summed E-state index contributed by atoms with van der Waals surface area (Å²) in [5.41, 5.74) is -0.239. The Morgan fingerprint density at radius 1 is 1.12 bits per heavy atom. The van der Waals surface area contributed by atoms with E-state index in [1.54, 1.807) is 0 Å². The van der Waals surface area contributed by atoms with Crippen LogP contribution in [0.25, 0.3) is 0 Å². The van der Waals surface area contributed by atoms with Crippen LogP contribution in [0.5, 0.6) is 5.75 Å². The molecule has 0 amide bonds.